The number of amides is 1. The van der Waals surface area contributed by atoms with Crippen LogP contribution in [0.1, 0.15) is 66.1 Å². The second-order valence-electron chi connectivity index (χ2n) is 11.0. The molecule has 0 radical (unpaired) electrons. The highest BCUT2D eigenvalue weighted by molar-refractivity contribution is 6.30. The number of ether oxygens (including phenoxy) is 1. The summed E-state index contributed by atoms with van der Waals surface area (Å²) in [6.07, 6.45) is -2.19. The van der Waals surface area contributed by atoms with Crippen LogP contribution >= 0.6 is 11.6 Å². The summed E-state index contributed by atoms with van der Waals surface area (Å²) in [5.41, 5.74) is -0.00832. The summed E-state index contributed by atoms with van der Waals surface area (Å²) in [7, 11) is 0. The van der Waals surface area contributed by atoms with E-state index in [9.17, 15) is 27.9 Å². The van der Waals surface area contributed by atoms with Crippen LogP contribution in [0.25, 0.3) is 0 Å². The molecule has 5 aliphatic rings. The molecule has 2 bridgehead atoms. The minimum absolute atomic E-state index is 0.121. The molecule has 2 N–H and O–H groups in total. The van der Waals surface area contributed by atoms with Crippen molar-refractivity contribution in [1.29, 1.82) is 0 Å². The second-order valence-corrected chi connectivity index (χ2v) is 11.4. The lowest BCUT2D eigenvalue weighted by Crippen LogP contribution is -2.75. The Morgan fingerprint density at radius 2 is 1.97 bits per heavy atom. The fourth-order valence-electron chi connectivity index (χ4n) is 6.38. The van der Waals surface area contributed by atoms with Crippen LogP contribution in [0.5, 0.6) is 5.75 Å². The highest BCUT2D eigenvalue weighted by Crippen LogP contribution is 2.69. The van der Waals surface area contributed by atoms with Gasteiger partial charge in [0, 0.05) is 42.1 Å². The Kier molecular flexibility index (Phi) is 5.63. The largest absolute Gasteiger partial charge is 0.480 e. The number of nitrogens with one attached hydrogen (secondary N) is 1. The van der Waals surface area contributed by atoms with Crippen molar-refractivity contribution in [2.45, 2.75) is 61.9 Å². The van der Waals surface area contributed by atoms with E-state index in [0.29, 0.717) is 41.5 Å². The molecule has 1 aromatic heterocycles. The van der Waals surface area contributed by atoms with Gasteiger partial charge in [-0.2, -0.15) is 13.2 Å². The average molecular weight is 540 g/mol. The number of nitrogens with zero attached hydrogens (tertiary/aromatic N) is 2. The van der Waals surface area contributed by atoms with Gasteiger partial charge >= 0.3 is 6.18 Å². The van der Waals surface area contributed by atoms with Gasteiger partial charge in [0.1, 0.15) is 5.75 Å². The van der Waals surface area contributed by atoms with Crippen molar-refractivity contribution in [3.63, 3.8) is 0 Å². The molecule has 3 saturated carbocycles. The van der Waals surface area contributed by atoms with Crippen molar-refractivity contribution < 1.29 is 37.0 Å². The summed E-state index contributed by atoms with van der Waals surface area (Å²) in [6.45, 7) is -0.575. The Hall–Kier alpha value is -2.63. The van der Waals surface area contributed by atoms with Crippen LogP contribution in [0.4, 0.5) is 13.2 Å². The predicted molar refractivity (Wildman–Crippen MR) is 123 cm³/mol. The van der Waals surface area contributed by atoms with E-state index < -0.39 is 24.9 Å². The average Bonchev–Trinajstić information content (AvgIpc) is 3.23. The number of ketones is 1. The predicted octanol–water partition coefficient (Wildman–Crippen LogP) is 3.79. The van der Waals surface area contributed by atoms with Crippen molar-refractivity contribution in [1.82, 2.24) is 15.2 Å². The van der Waals surface area contributed by atoms with Gasteiger partial charge in [-0.15, -0.1) is 0 Å². The number of carbonyl (C=O) groups excluding carboxylic acids is 2. The fourth-order valence-corrected chi connectivity index (χ4v) is 6.56. The number of fused-ring (bicyclic) bond motifs is 1. The summed E-state index contributed by atoms with van der Waals surface area (Å²) >= 11 is 5.98. The van der Waals surface area contributed by atoms with Gasteiger partial charge in [-0.25, -0.2) is 4.98 Å². The van der Waals surface area contributed by atoms with Crippen LogP contribution in [-0.2, 0) is 4.79 Å². The van der Waals surface area contributed by atoms with E-state index in [1.165, 1.54) is 11.1 Å². The van der Waals surface area contributed by atoms with Crippen LogP contribution < -0.4 is 10.1 Å². The maximum Gasteiger partial charge on any atom is 0.401 e. The number of aliphatic hydroxyl groups is 1. The minimum Gasteiger partial charge on any atom is -0.480 e. The summed E-state index contributed by atoms with van der Waals surface area (Å²) in [4.78, 5) is 31.0. The van der Waals surface area contributed by atoms with E-state index >= 15 is 0 Å². The van der Waals surface area contributed by atoms with E-state index in [-0.39, 0.29) is 60.3 Å². The van der Waals surface area contributed by atoms with E-state index in [1.807, 2.05) is 0 Å². The number of carbonyl (C=O) groups is 2. The Balaban J connectivity index is 0.983. The standard InChI is InChI=1S/C25H25ClF3N3O5/c26-14-1-2-18-15(3-14)16(33)4-19(36-18)21(35)31-24-9-23(10-24,11-24)5-17(34)20-6-30-22(37-20)13-7-32(8-13)12-25(27,28)29/h1-3,6,13,16,19,33H,4-5,7-12H2,(H,31,35)/t16-,19-,23?,24?/m1/s1. The zero-order valence-electron chi connectivity index (χ0n) is 19.7. The summed E-state index contributed by atoms with van der Waals surface area (Å²) < 4.78 is 48.8. The molecule has 2 aromatic rings. The van der Waals surface area contributed by atoms with Gasteiger partial charge in [0.15, 0.2) is 17.6 Å². The summed E-state index contributed by atoms with van der Waals surface area (Å²) in [5, 5.41) is 14.0. The van der Waals surface area contributed by atoms with Gasteiger partial charge in [0.05, 0.1) is 24.8 Å². The third-order valence-corrected chi connectivity index (χ3v) is 8.14. The Morgan fingerprint density at radius 1 is 1.24 bits per heavy atom. The molecule has 1 amide bonds. The Bertz CT molecular complexity index is 1240. The highest BCUT2D eigenvalue weighted by Gasteiger charge is 2.69. The van der Waals surface area contributed by atoms with Gasteiger partial charge in [-0.3, -0.25) is 14.5 Å². The number of aliphatic hydroxyl groups excluding tert-OH is 1. The van der Waals surface area contributed by atoms with E-state index in [0.717, 1.165) is 0 Å². The number of oxazole rings is 1. The number of rotatable bonds is 7. The number of aromatic nitrogens is 1. The number of benzene rings is 1. The molecule has 4 fully saturated rings. The van der Waals surface area contributed by atoms with Crippen LogP contribution in [0.3, 0.4) is 0 Å². The minimum atomic E-state index is -4.24. The molecule has 0 spiro atoms. The molecule has 7 rings (SSSR count). The molecule has 37 heavy (non-hydrogen) atoms. The second kappa shape index (κ2) is 8.44. The van der Waals surface area contributed by atoms with Gasteiger partial charge in [-0.05, 0) is 42.9 Å². The first-order chi connectivity index (χ1) is 17.4. The number of likely N-dealkylation sites (tertiary alicyclic amines) is 1. The van der Waals surface area contributed by atoms with Crippen LogP contribution in [0.15, 0.2) is 28.8 Å². The molecule has 12 heteroatoms. The maximum atomic E-state index is 12.9. The maximum absolute atomic E-state index is 12.9. The molecular formula is C25H25ClF3N3O5. The molecule has 3 aliphatic carbocycles. The molecule has 2 atom stereocenters. The van der Waals surface area contributed by atoms with E-state index in [4.69, 9.17) is 20.8 Å². The fraction of sp³-hybridized carbons (Fsp3) is 0.560. The summed E-state index contributed by atoms with van der Waals surface area (Å²) in [5.74, 6) is 0.112. The lowest BCUT2D eigenvalue weighted by Gasteiger charge is -2.70. The molecule has 198 valence electrons. The zero-order chi connectivity index (χ0) is 26.2. The number of alkyl halides is 3. The van der Waals surface area contributed by atoms with Crippen molar-refractivity contribution >= 4 is 23.3 Å². The molecule has 2 aliphatic heterocycles. The lowest BCUT2D eigenvalue weighted by atomic mass is 9.38. The number of hydrogen-bond donors (Lipinski definition) is 2. The number of hydrogen-bond acceptors (Lipinski definition) is 7. The topological polar surface area (TPSA) is 105 Å². The molecular weight excluding hydrogens is 515 g/mol. The Labute approximate surface area is 215 Å². The third kappa shape index (κ3) is 4.61. The Morgan fingerprint density at radius 3 is 2.68 bits per heavy atom. The SMILES string of the molecule is O=C(CC12CC(NC(=O)[C@H]3C[C@@H](O)c4cc(Cl)ccc4O3)(C1)C2)c1cnc(C2CN(CC(F)(F)F)C2)o1. The monoisotopic (exact) mass is 539 g/mol. The van der Waals surface area contributed by atoms with Gasteiger partial charge in [0.25, 0.3) is 5.91 Å². The van der Waals surface area contributed by atoms with Gasteiger partial charge in [0.2, 0.25) is 5.89 Å². The lowest BCUT2D eigenvalue weighted by molar-refractivity contribution is -0.168. The molecule has 1 aromatic carbocycles. The molecule has 1 saturated heterocycles. The highest BCUT2D eigenvalue weighted by atomic mass is 35.5. The third-order valence-electron chi connectivity index (χ3n) is 7.90. The van der Waals surface area contributed by atoms with Gasteiger partial charge in [-0.1, -0.05) is 11.6 Å². The van der Waals surface area contributed by atoms with Crippen LogP contribution in [0.2, 0.25) is 5.02 Å². The normalized spacial score (nSPS) is 30.8. The van der Waals surface area contributed by atoms with Crippen molar-refractivity contribution in [2.24, 2.45) is 5.41 Å². The first kappa shape index (κ1) is 24.7. The smallest absolute Gasteiger partial charge is 0.401 e. The van der Waals surface area contributed by atoms with E-state index in [2.05, 4.69) is 10.3 Å². The molecule has 3 heterocycles. The summed E-state index contributed by atoms with van der Waals surface area (Å²) in [6, 6.07) is 4.91. The van der Waals surface area contributed by atoms with Crippen molar-refractivity contribution in [3.8, 4) is 5.75 Å². The van der Waals surface area contributed by atoms with Crippen LogP contribution in [0, 0.1) is 5.41 Å². The van der Waals surface area contributed by atoms with Gasteiger partial charge < -0.3 is 19.6 Å². The van der Waals surface area contributed by atoms with Crippen LogP contribution in [-0.4, -0.2) is 64.1 Å². The number of Topliss-reactive ketones (excluding diaryl/α,β-unsaturated/α-hetero) is 1. The molecule has 8 nitrogen and oxygen atoms in total. The van der Waals surface area contributed by atoms with E-state index in [1.54, 1.807) is 18.2 Å². The quantitative estimate of drug-likeness (QED) is 0.516. The molecule has 0 unspecified atom stereocenters. The van der Waals surface area contributed by atoms with Crippen molar-refractivity contribution in [3.05, 3.63) is 46.6 Å². The first-order valence-corrected chi connectivity index (χ1v) is 12.5. The first-order valence-electron chi connectivity index (χ1n) is 12.2. The zero-order valence-corrected chi connectivity index (χ0v) is 20.4. The van der Waals surface area contributed by atoms with Crippen molar-refractivity contribution in [2.75, 3.05) is 19.6 Å². The number of halogens is 4.